The number of imide groups is 1. The predicted octanol–water partition coefficient (Wildman–Crippen LogP) is 3.02. The number of amides is 2. The summed E-state index contributed by atoms with van der Waals surface area (Å²) in [7, 11) is 0. The summed E-state index contributed by atoms with van der Waals surface area (Å²) in [6, 6.07) is 7.66. The fraction of sp³-hybridized carbons (Fsp3) is 0.333. The highest BCUT2D eigenvalue weighted by atomic mass is 16.2. The van der Waals surface area contributed by atoms with Crippen molar-refractivity contribution in [3.8, 4) is 0 Å². The van der Waals surface area contributed by atoms with Gasteiger partial charge in [0.15, 0.2) is 0 Å². The van der Waals surface area contributed by atoms with E-state index in [2.05, 4.69) is 13.8 Å². The second kappa shape index (κ2) is 5.17. The maximum atomic E-state index is 11.5. The molecule has 1 atom stereocenters. The quantitative estimate of drug-likeness (QED) is 0.762. The molecule has 0 spiro atoms. The molecule has 0 bridgehead atoms. The average molecular weight is 243 g/mol. The van der Waals surface area contributed by atoms with Gasteiger partial charge in [0.1, 0.15) is 0 Å². The van der Waals surface area contributed by atoms with E-state index in [9.17, 15) is 9.59 Å². The van der Waals surface area contributed by atoms with Crippen molar-refractivity contribution in [3.63, 3.8) is 0 Å². The number of nitrogens with zero attached hydrogens (tertiary/aromatic N) is 1. The van der Waals surface area contributed by atoms with Crippen LogP contribution in [0.3, 0.4) is 0 Å². The molecule has 1 heterocycles. The third-order valence-electron chi connectivity index (χ3n) is 3.25. The van der Waals surface area contributed by atoms with E-state index in [0.29, 0.717) is 11.6 Å². The van der Waals surface area contributed by atoms with Crippen LogP contribution in [-0.2, 0) is 9.59 Å². The Kier molecular flexibility index (Phi) is 3.60. The van der Waals surface area contributed by atoms with Crippen molar-refractivity contribution >= 4 is 17.5 Å². The molecule has 0 aromatic heterocycles. The maximum Gasteiger partial charge on any atom is 0.258 e. The minimum atomic E-state index is -0.269. The van der Waals surface area contributed by atoms with E-state index in [1.54, 1.807) is 0 Å². The van der Waals surface area contributed by atoms with Crippen molar-refractivity contribution < 1.29 is 9.59 Å². The molecule has 2 amide bonds. The van der Waals surface area contributed by atoms with Crippen molar-refractivity contribution in [1.82, 2.24) is 0 Å². The first-order chi connectivity index (χ1) is 8.63. The largest absolute Gasteiger partial charge is 0.269 e. The van der Waals surface area contributed by atoms with E-state index in [1.165, 1.54) is 22.6 Å². The lowest BCUT2D eigenvalue weighted by atomic mass is 9.96. The van der Waals surface area contributed by atoms with E-state index in [1.807, 2.05) is 24.3 Å². The van der Waals surface area contributed by atoms with Crippen LogP contribution in [0.2, 0.25) is 0 Å². The van der Waals surface area contributed by atoms with Gasteiger partial charge in [-0.1, -0.05) is 32.4 Å². The lowest BCUT2D eigenvalue weighted by Gasteiger charge is -2.16. The fourth-order valence-electron chi connectivity index (χ4n) is 2.21. The molecule has 2 rings (SSSR count). The number of hydrogen-bond donors (Lipinski definition) is 0. The van der Waals surface area contributed by atoms with Gasteiger partial charge in [-0.05, 0) is 30.0 Å². The fourth-order valence-corrected chi connectivity index (χ4v) is 2.21. The van der Waals surface area contributed by atoms with Crippen molar-refractivity contribution in [2.45, 2.75) is 32.6 Å². The predicted molar refractivity (Wildman–Crippen MR) is 71.4 cm³/mol. The first-order valence-electron chi connectivity index (χ1n) is 6.29. The Balaban J connectivity index is 2.18. The third-order valence-corrected chi connectivity index (χ3v) is 3.25. The second-order valence-corrected chi connectivity index (χ2v) is 4.63. The summed E-state index contributed by atoms with van der Waals surface area (Å²) >= 11 is 0. The minimum absolute atomic E-state index is 0.269. The molecule has 1 aromatic rings. The number of carbonyl (C=O) groups excluding carboxylic acids is 2. The van der Waals surface area contributed by atoms with E-state index in [0.717, 1.165) is 12.8 Å². The molecule has 1 aliphatic rings. The summed E-state index contributed by atoms with van der Waals surface area (Å²) < 4.78 is 0. The van der Waals surface area contributed by atoms with E-state index in [-0.39, 0.29) is 11.8 Å². The molecule has 0 fully saturated rings. The highest BCUT2D eigenvalue weighted by Gasteiger charge is 2.24. The molecular weight excluding hydrogens is 226 g/mol. The van der Waals surface area contributed by atoms with Crippen LogP contribution in [0.5, 0.6) is 0 Å². The van der Waals surface area contributed by atoms with Gasteiger partial charge in [-0.15, -0.1) is 0 Å². The molecule has 0 radical (unpaired) electrons. The molecule has 1 unspecified atom stereocenters. The van der Waals surface area contributed by atoms with Gasteiger partial charge < -0.3 is 0 Å². The van der Waals surface area contributed by atoms with Gasteiger partial charge in [0.2, 0.25) is 0 Å². The zero-order valence-electron chi connectivity index (χ0n) is 10.7. The summed E-state index contributed by atoms with van der Waals surface area (Å²) in [5.74, 6) is -0.0316. The van der Waals surface area contributed by atoms with Gasteiger partial charge in [0, 0.05) is 12.2 Å². The van der Waals surface area contributed by atoms with E-state index in [4.69, 9.17) is 0 Å². The number of hydrogen-bond acceptors (Lipinski definition) is 2. The SMILES string of the molecule is CCCC(C)c1ccc(N2C(=O)C=CC2=O)cc1. The Labute approximate surface area is 107 Å². The molecule has 0 N–H and O–H groups in total. The molecule has 0 saturated heterocycles. The van der Waals surface area contributed by atoms with Crippen LogP contribution < -0.4 is 4.90 Å². The Morgan fingerprint density at radius 2 is 1.61 bits per heavy atom. The summed E-state index contributed by atoms with van der Waals surface area (Å²) in [4.78, 5) is 24.2. The molecule has 0 aliphatic carbocycles. The van der Waals surface area contributed by atoms with Gasteiger partial charge in [0.05, 0.1) is 5.69 Å². The molecule has 1 aromatic carbocycles. The molecule has 3 nitrogen and oxygen atoms in total. The van der Waals surface area contributed by atoms with Crippen molar-refractivity contribution in [1.29, 1.82) is 0 Å². The number of anilines is 1. The lowest BCUT2D eigenvalue weighted by Crippen LogP contribution is -2.29. The second-order valence-electron chi connectivity index (χ2n) is 4.63. The Morgan fingerprint density at radius 3 is 2.11 bits per heavy atom. The normalized spacial score (nSPS) is 16.4. The monoisotopic (exact) mass is 243 g/mol. The van der Waals surface area contributed by atoms with E-state index < -0.39 is 0 Å². The maximum absolute atomic E-state index is 11.5. The molecule has 94 valence electrons. The van der Waals surface area contributed by atoms with Crippen LogP contribution in [0.25, 0.3) is 0 Å². The van der Waals surface area contributed by atoms with Crippen LogP contribution in [0.4, 0.5) is 5.69 Å². The molecular formula is C15H17NO2. The topological polar surface area (TPSA) is 37.4 Å². The van der Waals surface area contributed by atoms with Crippen LogP contribution in [0.1, 0.15) is 38.2 Å². The Bertz CT molecular complexity index is 470. The van der Waals surface area contributed by atoms with Crippen LogP contribution in [0, 0.1) is 0 Å². The van der Waals surface area contributed by atoms with Crippen LogP contribution in [0.15, 0.2) is 36.4 Å². The standard InChI is InChI=1S/C15H17NO2/c1-3-4-11(2)12-5-7-13(8-6-12)16-14(17)9-10-15(16)18/h5-11H,3-4H2,1-2H3. The highest BCUT2D eigenvalue weighted by Crippen LogP contribution is 2.25. The molecule has 1 aliphatic heterocycles. The minimum Gasteiger partial charge on any atom is -0.269 e. The number of carbonyl (C=O) groups is 2. The van der Waals surface area contributed by atoms with Gasteiger partial charge >= 0.3 is 0 Å². The van der Waals surface area contributed by atoms with Crippen molar-refractivity contribution in [2.24, 2.45) is 0 Å². The van der Waals surface area contributed by atoms with Gasteiger partial charge in [-0.25, -0.2) is 4.90 Å². The Morgan fingerprint density at radius 1 is 1.06 bits per heavy atom. The zero-order chi connectivity index (χ0) is 13.1. The molecule has 18 heavy (non-hydrogen) atoms. The van der Waals surface area contributed by atoms with E-state index >= 15 is 0 Å². The highest BCUT2D eigenvalue weighted by molar-refractivity contribution is 6.28. The number of benzene rings is 1. The molecule has 3 heteroatoms. The van der Waals surface area contributed by atoms with Crippen molar-refractivity contribution in [3.05, 3.63) is 42.0 Å². The third kappa shape index (κ3) is 2.35. The van der Waals surface area contributed by atoms with Gasteiger partial charge in [0.25, 0.3) is 11.8 Å². The lowest BCUT2D eigenvalue weighted by molar-refractivity contribution is -0.119. The van der Waals surface area contributed by atoms with Crippen LogP contribution >= 0.6 is 0 Å². The molecule has 0 saturated carbocycles. The van der Waals surface area contributed by atoms with Gasteiger partial charge in [-0.2, -0.15) is 0 Å². The Hall–Kier alpha value is -1.90. The summed E-state index contributed by atoms with van der Waals surface area (Å²) in [6.07, 6.45) is 4.89. The first-order valence-corrected chi connectivity index (χ1v) is 6.29. The smallest absolute Gasteiger partial charge is 0.258 e. The summed E-state index contributed by atoms with van der Waals surface area (Å²) in [5, 5.41) is 0. The summed E-state index contributed by atoms with van der Waals surface area (Å²) in [5.41, 5.74) is 1.88. The summed E-state index contributed by atoms with van der Waals surface area (Å²) in [6.45, 7) is 4.35. The first kappa shape index (κ1) is 12.6. The average Bonchev–Trinajstić information content (AvgIpc) is 2.70. The zero-order valence-corrected chi connectivity index (χ0v) is 10.7. The van der Waals surface area contributed by atoms with Crippen molar-refractivity contribution in [2.75, 3.05) is 4.90 Å². The van der Waals surface area contributed by atoms with Crippen LogP contribution in [-0.4, -0.2) is 11.8 Å². The number of rotatable bonds is 4. The van der Waals surface area contributed by atoms with Gasteiger partial charge in [-0.3, -0.25) is 9.59 Å².